The zero-order chi connectivity index (χ0) is 17.5. The Hall–Kier alpha value is -1.16. The summed E-state index contributed by atoms with van der Waals surface area (Å²) in [6.07, 6.45) is 6.01. The topological polar surface area (TPSA) is 74.6 Å². The Morgan fingerprint density at radius 1 is 1.12 bits per heavy atom. The molecule has 2 bridgehead atoms. The lowest BCUT2D eigenvalue weighted by atomic mass is 9.40. The number of fused-ring (bicyclic) bond motifs is 3. The van der Waals surface area contributed by atoms with Crippen molar-refractivity contribution < 1.29 is 19.8 Å². The molecule has 0 aromatic rings. The van der Waals surface area contributed by atoms with Gasteiger partial charge in [0, 0.05) is 11.0 Å². The highest BCUT2D eigenvalue weighted by atomic mass is 16.4. The van der Waals surface area contributed by atoms with E-state index in [9.17, 15) is 19.8 Å². The summed E-state index contributed by atoms with van der Waals surface area (Å²) in [5.41, 5.74) is -1.93. The minimum absolute atomic E-state index is 0.0646. The van der Waals surface area contributed by atoms with Crippen molar-refractivity contribution in [2.45, 2.75) is 70.8 Å². The maximum absolute atomic E-state index is 13.1. The van der Waals surface area contributed by atoms with Crippen molar-refractivity contribution in [3.05, 3.63) is 12.2 Å². The number of ketones is 1. The number of hydrogen-bond donors (Lipinski definition) is 2. The van der Waals surface area contributed by atoms with Crippen LogP contribution in [0.1, 0.15) is 65.2 Å². The Morgan fingerprint density at radius 2 is 1.79 bits per heavy atom. The fraction of sp³-hybridized carbons (Fsp3) is 0.800. The van der Waals surface area contributed by atoms with Crippen LogP contribution in [0.2, 0.25) is 0 Å². The van der Waals surface area contributed by atoms with E-state index in [1.54, 1.807) is 0 Å². The van der Waals surface area contributed by atoms with Crippen molar-refractivity contribution in [3.8, 4) is 0 Å². The maximum Gasteiger partial charge on any atom is 0.309 e. The molecule has 4 heteroatoms. The smallest absolute Gasteiger partial charge is 0.309 e. The highest BCUT2D eigenvalue weighted by Gasteiger charge is 2.70. The zero-order valence-corrected chi connectivity index (χ0v) is 14.7. The molecule has 6 atom stereocenters. The first-order chi connectivity index (χ1) is 11.1. The molecular weight excluding hydrogens is 304 g/mol. The molecule has 0 heterocycles. The average Bonchev–Trinajstić information content (AvgIpc) is 2.64. The summed E-state index contributed by atoms with van der Waals surface area (Å²) >= 11 is 0. The van der Waals surface area contributed by atoms with Gasteiger partial charge in [-0.1, -0.05) is 19.9 Å². The summed E-state index contributed by atoms with van der Waals surface area (Å²) in [7, 11) is 0. The molecule has 0 radical (unpaired) electrons. The summed E-state index contributed by atoms with van der Waals surface area (Å²) in [6, 6.07) is 0. The van der Waals surface area contributed by atoms with Gasteiger partial charge in [0.25, 0.3) is 0 Å². The third-order valence-electron chi connectivity index (χ3n) is 8.55. The number of carboxylic acid groups (broad SMARTS) is 1. The summed E-state index contributed by atoms with van der Waals surface area (Å²) in [5, 5.41) is 20.7. The van der Waals surface area contributed by atoms with Crippen LogP contribution >= 0.6 is 0 Å². The highest BCUT2D eigenvalue weighted by molar-refractivity contribution is 6.04. The van der Waals surface area contributed by atoms with Crippen LogP contribution in [0.4, 0.5) is 0 Å². The number of rotatable bonds is 1. The molecule has 4 nitrogen and oxygen atoms in total. The van der Waals surface area contributed by atoms with Crippen molar-refractivity contribution >= 4 is 11.8 Å². The van der Waals surface area contributed by atoms with Crippen LogP contribution in [0.3, 0.4) is 0 Å². The van der Waals surface area contributed by atoms with Gasteiger partial charge in [-0.25, -0.2) is 0 Å². The number of carbonyl (C=O) groups excluding carboxylic acids is 1. The van der Waals surface area contributed by atoms with E-state index in [4.69, 9.17) is 0 Å². The fourth-order valence-corrected chi connectivity index (χ4v) is 7.37. The quantitative estimate of drug-likeness (QED) is 0.722. The van der Waals surface area contributed by atoms with Crippen LogP contribution in [0.15, 0.2) is 12.2 Å². The highest BCUT2D eigenvalue weighted by Crippen LogP contribution is 2.71. The number of aliphatic carboxylic acids is 1. The Bertz CT molecular complexity index is 654. The molecule has 24 heavy (non-hydrogen) atoms. The van der Waals surface area contributed by atoms with Crippen molar-refractivity contribution in [1.29, 1.82) is 0 Å². The molecule has 0 saturated heterocycles. The van der Waals surface area contributed by atoms with Crippen molar-refractivity contribution in [2.75, 3.05) is 0 Å². The van der Waals surface area contributed by atoms with Gasteiger partial charge in [0.1, 0.15) is 0 Å². The maximum atomic E-state index is 13.1. The normalized spacial score (nSPS) is 53.5. The lowest BCUT2D eigenvalue weighted by molar-refractivity contribution is -0.187. The number of aliphatic hydroxyl groups is 1. The Kier molecular flexibility index (Phi) is 3.07. The van der Waals surface area contributed by atoms with Gasteiger partial charge in [-0.2, -0.15) is 0 Å². The van der Waals surface area contributed by atoms with E-state index >= 15 is 0 Å². The van der Waals surface area contributed by atoms with Crippen LogP contribution in [-0.2, 0) is 9.59 Å². The Morgan fingerprint density at radius 3 is 2.46 bits per heavy atom. The molecule has 0 amide bonds. The first-order valence-corrected chi connectivity index (χ1v) is 9.30. The fourth-order valence-electron chi connectivity index (χ4n) is 7.37. The standard InChI is InChI=1S/C20H28O4/c1-12-15(21)19-9-5-13-17(2,7-4-8-18(13,3)16(22)23)14(19)6-10-20(12,24)11-19/h13-14,24H,1,4-11H2,2-3H3,(H,22,23)/t13?,14?,17-,18-,19-,20+/m1/s1. The Balaban J connectivity index is 1.80. The van der Waals surface area contributed by atoms with Crippen LogP contribution in [0, 0.1) is 28.1 Å². The third kappa shape index (κ3) is 1.63. The zero-order valence-electron chi connectivity index (χ0n) is 14.7. The van der Waals surface area contributed by atoms with Crippen LogP contribution in [0.5, 0.6) is 0 Å². The second-order valence-electron chi connectivity index (χ2n) is 9.44. The van der Waals surface area contributed by atoms with Crippen molar-refractivity contribution in [3.63, 3.8) is 0 Å². The molecule has 4 fully saturated rings. The first-order valence-electron chi connectivity index (χ1n) is 9.30. The van der Waals surface area contributed by atoms with Gasteiger partial charge in [0.2, 0.25) is 0 Å². The summed E-state index contributed by atoms with van der Waals surface area (Å²) in [4.78, 5) is 25.1. The first kappa shape index (κ1) is 16.3. The average molecular weight is 332 g/mol. The van der Waals surface area contributed by atoms with Crippen LogP contribution in [-0.4, -0.2) is 27.6 Å². The number of Topliss-reactive ketones (excluding diaryl/α,β-unsaturated/α-hetero) is 1. The predicted molar refractivity (Wildman–Crippen MR) is 89.3 cm³/mol. The molecular formula is C20H28O4. The second-order valence-corrected chi connectivity index (χ2v) is 9.44. The van der Waals surface area contributed by atoms with E-state index in [1.165, 1.54) is 0 Å². The minimum Gasteiger partial charge on any atom is -0.481 e. The molecule has 4 aliphatic carbocycles. The van der Waals surface area contributed by atoms with Gasteiger partial charge >= 0.3 is 5.97 Å². The minimum atomic E-state index is -1.01. The lowest BCUT2D eigenvalue weighted by Crippen LogP contribution is -2.60. The Labute approximate surface area is 143 Å². The van der Waals surface area contributed by atoms with Crippen molar-refractivity contribution in [1.82, 2.24) is 0 Å². The molecule has 1 spiro atoms. The van der Waals surface area contributed by atoms with Gasteiger partial charge in [0.15, 0.2) is 5.78 Å². The van der Waals surface area contributed by atoms with Gasteiger partial charge in [-0.3, -0.25) is 9.59 Å². The number of carbonyl (C=O) groups is 2. The molecule has 0 aromatic heterocycles. The van der Waals surface area contributed by atoms with Gasteiger partial charge < -0.3 is 10.2 Å². The molecule has 4 aliphatic rings. The van der Waals surface area contributed by atoms with Gasteiger partial charge in [-0.05, 0) is 69.1 Å². The summed E-state index contributed by atoms with van der Waals surface area (Å²) in [5.74, 6) is -0.340. The molecule has 2 N–H and O–H groups in total. The largest absolute Gasteiger partial charge is 0.481 e. The van der Waals surface area contributed by atoms with E-state index < -0.39 is 22.4 Å². The summed E-state index contributed by atoms with van der Waals surface area (Å²) in [6.45, 7) is 8.06. The van der Waals surface area contributed by atoms with E-state index in [0.717, 1.165) is 32.1 Å². The number of carboxylic acids is 1. The molecule has 2 unspecified atom stereocenters. The molecule has 0 aliphatic heterocycles. The molecule has 4 rings (SSSR count). The monoisotopic (exact) mass is 332 g/mol. The van der Waals surface area contributed by atoms with Crippen molar-refractivity contribution in [2.24, 2.45) is 28.1 Å². The second kappa shape index (κ2) is 4.51. The lowest BCUT2D eigenvalue weighted by Gasteiger charge is -2.62. The molecule has 132 valence electrons. The molecule has 0 aromatic carbocycles. The van der Waals surface area contributed by atoms with E-state index in [1.807, 2.05) is 6.92 Å². The van der Waals surface area contributed by atoms with E-state index in [-0.39, 0.29) is 23.0 Å². The third-order valence-corrected chi connectivity index (χ3v) is 8.55. The van der Waals surface area contributed by atoms with Crippen LogP contribution < -0.4 is 0 Å². The van der Waals surface area contributed by atoms with E-state index in [2.05, 4.69) is 13.5 Å². The SMILES string of the molecule is C=C1C(=O)[C@@]23CCC4[C@@](C)(CCC[C@@]4(C)C(=O)O)C2CC[C@]1(O)C3. The van der Waals surface area contributed by atoms with Gasteiger partial charge in [-0.15, -0.1) is 0 Å². The van der Waals surface area contributed by atoms with Crippen LogP contribution in [0.25, 0.3) is 0 Å². The van der Waals surface area contributed by atoms with Gasteiger partial charge in [0.05, 0.1) is 11.0 Å². The summed E-state index contributed by atoms with van der Waals surface area (Å²) < 4.78 is 0. The molecule has 4 saturated carbocycles. The number of hydrogen-bond acceptors (Lipinski definition) is 3. The van der Waals surface area contributed by atoms with E-state index in [0.29, 0.717) is 24.8 Å². The predicted octanol–water partition coefficient (Wildman–Crippen LogP) is 3.33.